The van der Waals surface area contributed by atoms with Gasteiger partial charge in [0, 0.05) is 24.1 Å². The lowest BCUT2D eigenvalue weighted by molar-refractivity contribution is -0.131. The molecule has 2 fully saturated rings. The third-order valence-electron chi connectivity index (χ3n) is 6.58. The fourth-order valence-electron chi connectivity index (χ4n) is 4.78. The number of methoxy groups -OCH3 is 1. The van der Waals surface area contributed by atoms with Crippen LogP contribution in [0.2, 0.25) is 0 Å². The molecule has 8 heteroatoms. The first-order valence-electron chi connectivity index (χ1n) is 11.5. The highest BCUT2D eigenvalue weighted by Crippen LogP contribution is 2.33. The van der Waals surface area contributed by atoms with E-state index in [1.807, 2.05) is 6.07 Å². The molecular weight excluding hydrogens is 411 g/mol. The number of rotatable bonds is 9. The Labute approximate surface area is 189 Å². The minimum atomic E-state index is -1.13. The first-order valence-corrected chi connectivity index (χ1v) is 11.5. The molecule has 2 N–H and O–H groups in total. The van der Waals surface area contributed by atoms with Crippen molar-refractivity contribution in [2.24, 2.45) is 0 Å². The molecule has 1 aromatic rings. The number of halogens is 1. The third kappa shape index (κ3) is 6.42. The maximum Gasteiger partial charge on any atom is 0.237 e. The van der Waals surface area contributed by atoms with E-state index in [4.69, 9.17) is 4.74 Å². The molecular formula is C24H33FN4O3. The topological polar surface area (TPSA) is 94.5 Å². The normalized spacial score (nSPS) is 22.2. The molecule has 0 radical (unpaired) electrons. The van der Waals surface area contributed by atoms with Crippen LogP contribution in [0.1, 0.15) is 57.8 Å². The molecule has 2 atom stereocenters. The van der Waals surface area contributed by atoms with E-state index in [1.54, 1.807) is 31.4 Å². The van der Waals surface area contributed by atoms with Crippen molar-refractivity contribution in [3.8, 4) is 11.8 Å². The predicted molar refractivity (Wildman–Crippen MR) is 120 cm³/mol. The molecule has 0 bridgehead atoms. The van der Waals surface area contributed by atoms with Gasteiger partial charge in [-0.3, -0.25) is 9.59 Å². The molecule has 7 nitrogen and oxygen atoms in total. The molecule has 1 aromatic carbocycles. The van der Waals surface area contributed by atoms with E-state index in [9.17, 15) is 19.2 Å². The van der Waals surface area contributed by atoms with Crippen LogP contribution in [0.15, 0.2) is 24.3 Å². The van der Waals surface area contributed by atoms with E-state index in [-0.39, 0.29) is 36.9 Å². The van der Waals surface area contributed by atoms with Crippen molar-refractivity contribution >= 4 is 17.5 Å². The van der Waals surface area contributed by atoms with Gasteiger partial charge in [-0.1, -0.05) is 19.3 Å². The SMILES string of the molecule is COc1ccc(NC(=O)CCCC2(NCC(=O)N3C[C@@H](F)CC3C#N)CCCCC2)cc1. The van der Waals surface area contributed by atoms with E-state index in [1.165, 1.54) is 11.3 Å². The highest BCUT2D eigenvalue weighted by molar-refractivity contribution is 5.90. The monoisotopic (exact) mass is 444 g/mol. The predicted octanol–water partition coefficient (Wildman–Crippen LogP) is 3.56. The standard InChI is InChI=1S/C24H33FN4O3/c1-32-21-9-7-19(8-10-21)28-22(30)6-5-13-24(11-3-2-4-12-24)27-16-23(31)29-17-18(25)14-20(29)15-26/h7-10,18,20,27H,2-6,11-14,16-17H2,1H3,(H,28,30)/t18-,20?/m0/s1. The molecule has 1 saturated carbocycles. The quantitative estimate of drug-likeness (QED) is 0.607. The molecule has 0 spiro atoms. The number of hydrogen-bond acceptors (Lipinski definition) is 5. The van der Waals surface area contributed by atoms with Crippen molar-refractivity contribution in [2.45, 2.75) is 75.5 Å². The Balaban J connectivity index is 1.49. The second kappa shape index (κ2) is 11.3. The number of amides is 2. The molecule has 1 aliphatic heterocycles. The van der Waals surface area contributed by atoms with Gasteiger partial charge in [0.2, 0.25) is 11.8 Å². The zero-order valence-electron chi connectivity index (χ0n) is 18.7. The molecule has 174 valence electrons. The van der Waals surface area contributed by atoms with Crippen LogP contribution in [0.4, 0.5) is 10.1 Å². The average Bonchev–Trinajstić information content (AvgIpc) is 3.19. The van der Waals surface area contributed by atoms with Crippen molar-refractivity contribution in [2.75, 3.05) is 25.5 Å². The third-order valence-corrected chi connectivity index (χ3v) is 6.58. The minimum absolute atomic E-state index is 0.00271. The van der Waals surface area contributed by atoms with Crippen LogP contribution in [-0.4, -0.2) is 54.7 Å². The Morgan fingerprint density at radius 2 is 1.97 bits per heavy atom. The molecule has 1 saturated heterocycles. The zero-order valence-corrected chi connectivity index (χ0v) is 18.7. The van der Waals surface area contributed by atoms with Crippen LogP contribution in [0.25, 0.3) is 0 Å². The molecule has 2 amide bonds. The largest absolute Gasteiger partial charge is 0.497 e. The average molecular weight is 445 g/mol. The lowest BCUT2D eigenvalue weighted by atomic mass is 9.78. The Bertz CT molecular complexity index is 818. The summed E-state index contributed by atoms with van der Waals surface area (Å²) < 4.78 is 18.8. The molecule has 2 aliphatic rings. The number of alkyl halides is 1. The lowest BCUT2D eigenvalue weighted by Crippen LogP contribution is -2.51. The number of hydrogen-bond donors (Lipinski definition) is 2. The van der Waals surface area contributed by atoms with Crippen LogP contribution >= 0.6 is 0 Å². The molecule has 32 heavy (non-hydrogen) atoms. The Kier molecular flexibility index (Phi) is 8.46. The fraction of sp³-hybridized carbons (Fsp3) is 0.625. The summed E-state index contributed by atoms with van der Waals surface area (Å²) in [7, 11) is 1.60. The number of carbonyl (C=O) groups is 2. The summed E-state index contributed by atoms with van der Waals surface area (Å²) in [5.74, 6) is 0.471. The van der Waals surface area contributed by atoms with E-state index in [0.717, 1.165) is 43.5 Å². The Morgan fingerprint density at radius 3 is 2.62 bits per heavy atom. The number of anilines is 1. The van der Waals surface area contributed by atoms with Crippen LogP contribution in [0, 0.1) is 11.3 Å². The van der Waals surface area contributed by atoms with Crippen LogP contribution in [0.5, 0.6) is 5.75 Å². The Hall–Kier alpha value is -2.66. The van der Waals surface area contributed by atoms with E-state index in [0.29, 0.717) is 12.8 Å². The summed E-state index contributed by atoms with van der Waals surface area (Å²) in [5, 5.41) is 15.5. The summed E-state index contributed by atoms with van der Waals surface area (Å²) in [6.07, 6.45) is 6.10. The van der Waals surface area contributed by atoms with Gasteiger partial charge in [-0.15, -0.1) is 0 Å². The van der Waals surface area contributed by atoms with Crippen molar-refractivity contribution in [3.63, 3.8) is 0 Å². The Morgan fingerprint density at radius 1 is 1.25 bits per heavy atom. The van der Waals surface area contributed by atoms with Gasteiger partial charge >= 0.3 is 0 Å². The van der Waals surface area contributed by atoms with Crippen molar-refractivity contribution in [3.05, 3.63) is 24.3 Å². The summed E-state index contributed by atoms with van der Waals surface area (Å²) in [4.78, 5) is 26.4. The number of likely N-dealkylation sites (tertiary alicyclic amines) is 1. The highest BCUT2D eigenvalue weighted by atomic mass is 19.1. The van der Waals surface area contributed by atoms with Gasteiger partial charge in [-0.2, -0.15) is 5.26 Å². The van der Waals surface area contributed by atoms with Gasteiger partial charge < -0.3 is 20.3 Å². The van der Waals surface area contributed by atoms with Gasteiger partial charge in [0.05, 0.1) is 26.3 Å². The number of nitrogens with zero attached hydrogens (tertiary/aromatic N) is 2. The number of carbonyl (C=O) groups excluding carboxylic acids is 2. The fourth-order valence-corrected chi connectivity index (χ4v) is 4.78. The second-order valence-electron chi connectivity index (χ2n) is 8.85. The van der Waals surface area contributed by atoms with E-state index >= 15 is 0 Å². The maximum absolute atomic E-state index is 13.7. The summed E-state index contributed by atoms with van der Waals surface area (Å²) in [5.41, 5.74) is 0.543. The number of nitrogens with one attached hydrogen (secondary N) is 2. The maximum atomic E-state index is 13.7. The second-order valence-corrected chi connectivity index (χ2v) is 8.85. The number of ether oxygens (including phenoxy) is 1. The van der Waals surface area contributed by atoms with E-state index in [2.05, 4.69) is 10.6 Å². The zero-order chi connectivity index (χ0) is 23.0. The van der Waals surface area contributed by atoms with Crippen molar-refractivity contribution in [1.29, 1.82) is 5.26 Å². The molecule has 0 aromatic heterocycles. The summed E-state index contributed by atoms with van der Waals surface area (Å²) >= 11 is 0. The lowest BCUT2D eigenvalue weighted by Gasteiger charge is -2.39. The first kappa shape index (κ1) is 24.0. The first-order chi connectivity index (χ1) is 15.4. The van der Waals surface area contributed by atoms with Crippen molar-refractivity contribution in [1.82, 2.24) is 10.2 Å². The van der Waals surface area contributed by atoms with Gasteiger partial charge in [-0.25, -0.2) is 4.39 Å². The van der Waals surface area contributed by atoms with E-state index < -0.39 is 12.2 Å². The van der Waals surface area contributed by atoms with Crippen LogP contribution in [-0.2, 0) is 9.59 Å². The van der Waals surface area contributed by atoms with Gasteiger partial charge in [0.25, 0.3) is 0 Å². The van der Waals surface area contributed by atoms with Crippen molar-refractivity contribution < 1.29 is 18.7 Å². The van der Waals surface area contributed by atoms with Crippen LogP contribution < -0.4 is 15.4 Å². The minimum Gasteiger partial charge on any atom is -0.497 e. The van der Waals surface area contributed by atoms with Gasteiger partial charge in [0.1, 0.15) is 18.0 Å². The van der Waals surface area contributed by atoms with Gasteiger partial charge in [-0.05, 0) is 49.9 Å². The number of nitriles is 1. The van der Waals surface area contributed by atoms with Crippen LogP contribution in [0.3, 0.4) is 0 Å². The smallest absolute Gasteiger partial charge is 0.237 e. The summed E-state index contributed by atoms with van der Waals surface area (Å²) in [6, 6.07) is 8.57. The number of benzene rings is 1. The molecule has 1 unspecified atom stereocenters. The molecule has 1 heterocycles. The van der Waals surface area contributed by atoms with Gasteiger partial charge in [0.15, 0.2) is 0 Å². The summed E-state index contributed by atoms with van der Waals surface area (Å²) in [6.45, 7) is 0.0974. The molecule has 3 rings (SSSR count). The highest BCUT2D eigenvalue weighted by Gasteiger charge is 2.37. The molecule has 1 aliphatic carbocycles.